The lowest BCUT2D eigenvalue weighted by molar-refractivity contribution is -0.000580. The molecule has 2 N–H and O–H groups in total. The molecule has 2 rings (SSSR count). The highest BCUT2D eigenvalue weighted by Gasteiger charge is 2.30. The fraction of sp³-hybridized carbons (Fsp3) is 1.00. The van der Waals surface area contributed by atoms with Crippen LogP contribution in [0.5, 0.6) is 0 Å². The second-order valence-corrected chi connectivity index (χ2v) is 5.53. The average Bonchev–Trinajstić information content (AvgIpc) is 2.66. The first-order valence-electron chi connectivity index (χ1n) is 7.48. The molecule has 0 aromatic carbocycles. The lowest BCUT2D eigenvalue weighted by Crippen LogP contribution is -2.50. The lowest BCUT2D eigenvalue weighted by Gasteiger charge is -2.38. The van der Waals surface area contributed by atoms with Gasteiger partial charge in [-0.2, -0.15) is 0 Å². The summed E-state index contributed by atoms with van der Waals surface area (Å²) in [5.41, 5.74) is 6.03. The molecule has 2 heterocycles. The Morgan fingerprint density at radius 1 is 1.33 bits per heavy atom. The van der Waals surface area contributed by atoms with Crippen molar-refractivity contribution in [1.82, 2.24) is 4.90 Å². The molecule has 0 aromatic rings. The normalized spacial score (nSPS) is 33.0. The molecule has 2 aliphatic heterocycles. The molecule has 0 saturated carbocycles. The third-order valence-corrected chi connectivity index (χ3v) is 4.29. The van der Waals surface area contributed by atoms with Crippen LogP contribution in [0, 0.1) is 5.92 Å². The van der Waals surface area contributed by atoms with Crippen molar-refractivity contribution in [1.29, 1.82) is 0 Å². The first-order chi connectivity index (χ1) is 8.85. The lowest BCUT2D eigenvalue weighted by atomic mass is 9.92. The Hall–Kier alpha value is -0.160. The van der Waals surface area contributed by atoms with E-state index in [1.165, 1.54) is 12.8 Å². The highest BCUT2D eigenvalue weighted by Crippen LogP contribution is 2.23. The monoisotopic (exact) mass is 256 g/mol. The highest BCUT2D eigenvalue weighted by atomic mass is 16.5. The molecule has 4 heteroatoms. The van der Waals surface area contributed by atoms with E-state index in [9.17, 15) is 0 Å². The predicted molar refractivity (Wildman–Crippen MR) is 72.6 cm³/mol. The van der Waals surface area contributed by atoms with Gasteiger partial charge in [0.05, 0.1) is 12.7 Å². The molecule has 0 aliphatic carbocycles. The SMILES string of the molecule is CCC1CN(C(CN)C2CCCOC2)CCCO1. The Morgan fingerprint density at radius 3 is 2.89 bits per heavy atom. The Morgan fingerprint density at radius 2 is 2.22 bits per heavy atom. The van der Waals surface area contributed by atoms with Crippen LogP contribution in [0.4, 0.5) is 0 Å². The summed E-state index contributed by atoms with van der Waals surface area (Å²) in [7, 11) is 0. The maximum atomic E-state index is 6.03. The number of nitrogens with zero attached hydrogens (tertiary/aromatic N) is 1. The van der Waals surface area contributed by atoms with Gasteiger partial charge in [0.25, 0.3) is 0 Å². The topological polar surface area (TPSA) is 47.7 Å². The largest absolute Gasteiger partial charge is 0.381 e. The summed E-state index contributed by atoms with van der Waals surface area (Å²) in [6.45, 7) is 7.81. The van der Waals surface area contributed by atoms with Crippen molar-refractivity contribution in [2.45, 2.75) is 44.8 Å². The summed E-state index contributed by atoms with van der Waals surface area (Å²) in [6.07, 6.45) is 5.04. The van der Waals surface area contributed by atoms with Crippen molar-refractivity contribution in [3.8, 4) is 0 Å². The summed E-state index contributed by atoms with van der Waals surface area (Å²) in [5.74, 6) is 0.611. The van der Waals surface area contributed by atoms with E-state index in [1.807, 2.05) is 0 Å². The number of hydrogen-bond acceptors (Lipinski definition) is 4. The summed E-state index contributed by atoms with van der Waals surface area (Å²) < 4.78 is 11.5. The van der Waals surface area contributed by atoms with Gasteiger partial charge in [0.1, 0.15) is 0 Å². The Labute approximate surface area is 111 Å². The van der Waals surface area contributed by atoms with Gasteiger partial charge in [0.2, 0.25) is 0 Å². The first kappa shape index (κ1) is 14.3. The molecule has 0 radical (unpaired) electrons. The highest BCUT2D eigenvalue weighted by molar-refractivity contribution is 4.84. The molecule has 18 heavy (non-hydrogen) atoms. The van der Waals surface area contributed by atoms with Crippen LogP contribution in [0.2, 0.25) is 0 Å². The Bertz CT molecular complexity index is 232. The van der Waals surface area contributed by atoms with Crippen LogP contribution >= 0.6 is 0 Å². The van der Waals surface area contributed by atoms with Gasteiger partial charge < -0.3 is 15.2 Å². The van der Waals surface area contributed by atoms with Gasteiger partial charge in [0.15, 0.2) is 0 Å². The van der Waals surface area contributed by atoms with Gasteiger partial charge in [-0.1, -0.05) is 6.92 Å². The van der Waals surface area contributed by atoms with Crippen molar-refractivity contribution in [3.05, 3.63) is 0 Å². The van der Waals surface area contributed by atoms with Gasteiger partial charge in [0, 0.05) is 38.9 Å². The molecule has 4 nitrogen and oxygen atoms in total. The molecule has 0 aromatic heterocycles. The standard InChI is InChI=1S/C14H28N2O2/c1-2-13-10-16(6-4-8-18-13)14(9-15)12-5-3-7-17-11-12/h12-14H,2-11,15H2,1H3. The van der Waals surface area contributed by atoms with E-state index in [0.717, 1.165) is 52.3 Å². The zero-order valence-corrected chi connectivity index (χ0v) is 11.6. The van der Waals surface area contributed by atoms with Crippen LogP contribution in [0.25, 0.3) is 0 Å². The fourth-order valence-electron chi connectivity index (χ4n) is 3.18. The van der Waals surface area contributed by atoms with Crippen molar-refractivity contribution in [2.75, 3.05) is 39.5 Å². The third kappa shape index (κ3) is 3.67. The number of rotatable bonds is 4. The van der Waals surface area contributed by atoms with Crippen molar-refractivity contribution in [3.63, 3.8) is 0 Å². The molecule has 2 fully saturated rings. The van der Waals surface area contributed by atoms with Crippen LogP contribution in [0.3, 0.4) is 0 Å². The van der Waals surface area contributed by atoms with Gasteiger partial charge >= 0.3 is 0 Å². The second-order valence-electron chi connectivity index (χ2n) is 5.53. The molecule has 106 valence electrons. The van der Waals surface area contributed by atoms with Crippen molar-refractivity contribution in [2.24, 2.45) is 11.7 Å². The van der Waals surface area contributed by atoms with Crippen LogP contribution in [0.15, 0.2) is 0 Å². The van der Waals surface area contributed by atoms with E-state index in [1.54, 1.807) is 0 Å². The van der Waals surface area contributed by atoms with Crippen molar-refractivity contribution >= 4 is 0 Å². The molecular weight excluding hydrogens is 228 g/mol. The third-order valence-electron chi connectivity index (χ3n) is 4.29. The van der Waals surface area contributed by atoms with E-state index < -0.39 is 0 Å². The minimum Gasteiger partial charge on any atom is -0.381 e. The van der Waals surface area contributed by atoms with Crippen LogP contribution in [-0.2, 0) is 9.47 Å². The van der Waals surface area contributed by atoms with Gasteiger partial charge in [-0.05, 0) is 31.6 Å². The van der Waals surface area contributed by atoms with E-state index in [0.29, 0.717) is 18.1 Å². The smallest absolute Gasteiger partial charge is 0.0699 e. The second kappa shape index (κ2) is 7.43. The number of ether oxygens (including phenoxy) is 2. The summed E-state index contributed by atoms with van der Waals surface area (Å²) in [4.78, 5) is 2.56. The molecule has 3 unspecified atom stereocenters. The van der Waals surface area contributed by atoms with Crippen LogP contribution in [0.1, 0.15) is 32.6 Å². The van der Waals surface area contributed by atoms with E-state index in [-0.39, 0.29) is 0 Å². The minimum atomic E-state index is 0.381. The maximum Gasteiger partial charge on any atom is 0.0699 e. The first-order valence-corrected chi connectivity index (χ1v) is 7.48. The Kier molecular flexibility index (Phi) is 5.89. The van der Waals surface area contributed by atoms with Crippen LogP contribution < -0.4 is 5.73 Å². The molecule has 2 aliphatic rings. The molecular formula is C14H28N2O2. The number of nitrogens with two attached hydrogens (primary N) is 1. The summed E-state index contributed by atoms with van der Waals surface area (Å²) in [5, 5.41) is 0. The van der Waals surface area contributed by atoms with E-state index in [4.69, 9.17) is 15.2 Å². The fourth-order valence-corrected chi connectivity index (χ4v) is 3.18. The number of hydrogen-bond donors (Lipinski definition) is 1. The quantitative estimate of drug-likeness (QED) is 0.822. The summed E-state index contributed by atoms with van der Waals surface area (Å²) in [6, 6.07) is 0.473. The van der Waals surface area contributed by atoms with Crippen molar-refractivity contribution < 1.29 is 9.47 Å². The molecule has 3 atom stereocenters. The summed E-state index contributed by atoms with van der Waals surface area (Å²) >= 11 is 0. The maximum absolute atomic E-state index is 6.03. The zero-order chi connectivity index (χ0) is 12.8. The van der Waals surface area contributed by atoms with Gasteiger partial charge in [-0.15, -0.1) is 0 Å². The zero-order valence-electron chi connectivity index (χ0n) is 11.6. The average molecular weight is 256 g/mol. The van der Waals surface area contributed by atoms with E-state index >= 15 is 0 Å². The Balaban J connectivity index is 1.95. The molecule has 0 bridgehead atoms. The van der Waals surface area contributed by atoms with E-state index in [2.05, 4.69) is 11.8 Å². The molecule has 0 spiro atoms. The molecule has 2 saturated heterocycles. The van der Waals surface area contributed by atoms with Crippen LogP contribution in [-0.4, -0.2) is 56.5 Å². The molecule has 0 amide bonds. The minimum absolute atomic E-state index is 0.381. The van der Waals surface area contributed by atoms with Gasteiger partial charge in [-0.25, -0.2) is 0 Å². The van der Waals surface area contributed by atoms with Gasteiger partial charge in [-0.3, -0.25) is 4.90 Å². The predicted octanol–water partition coefficient (Wildman–Crippen LogP) is 1.24.